The van der Waals surface area contributed by atoms with Crippen LogP contribution in [0.15, 0.2) is 103 Å². The molecule has 0 unspecified atom stereocenters. The Morgan fingerprint density at radius 1 is 0.769 bits per heavy atom. The molecule has 0 spiro atoms. The van der Waals surface area contributed by atoms with E-state index in [4.69, 9.17) is 14.2 Å². The van der Waals surface area contributed by atoms with Gasteiger partial charge in [0, 0.05) is 43.0 Å². The number of hydrogen-bond acceptors (Lipinski definition) is 5. The maximum atomic E-state index is 13.8. The van der Waals surface area contributed by atoms with E-state index < -0.39 is 0 Å². The standard InChI is InChI=1S/C33H34N2O4/c1-37-31-17-16-28(23-32(31)38-2)35(33(36)26-11-5-3-6-12-26)27-18-20-34(21-19-27)24-25-10-9-15-30(22-25)39-29-13-7-4-8-14-29/h3-17,22-23,27H,18-21,24H2,1-2H3. The van der Waals surface area contributed by atoms with Gasteiger partial charge in [0.25, 0.3) is 5.91 Å². The summed E-state index contributed by atoms with van der Waals surface area (Å²) in [5, 5.41) is 0. The van der Waals surface area contributed by atoms with Crippen molar-refractivity contribution in [3.05, 3.63) is 114 Å². The predicted octanol–water partition coefficient (Wildman–Crippen LogP) is 6.81. The van der Waals surface area contributed by atoms with E-state index in [1.807, 2.05) is 95.9 Å². The molecule has 0 aliphatic carbocycles. The maximum Gasteiger partial charge on any atom is 0.258 e. The van der Waals surface area contributed by atoms with E-state index in [1.165, 1.54) is 5.56 Å². The molecule has 4 aromatic carbocycles. The zero-order valence-electron chi connectivity index (χ0n) is 22.5. The van der Waals surface area contributed by atoms with Crippen LogP contribution in [0.2, 0.25) is 0 Å². The molecular weight excluding hydrogens is 488 g/mol. The second-order valence-corrected chi connectivity index (χ2v) is 9.65. The Hall–Kier alpha value is -4.29. The first-order valence-electron chi connectivity index (χ1n) is 13.3. The number of carbonyl (C=O) groups excluding carboxylic acids is 1. The zero-order chi connectivity index (χ0) is 27.0. The number of piperidine rings is 1. The summed E-state index contributed by atoms with van der Waals surface area (Å²) in [5.74, 6) is 2.90. The first-order chi connectivity index (χ1) is 19.1. The van der Waals surface area contributed by atoms with Crippen LogP contribution < -0.4 is 19.1 Å². The van der Waals surface area contributed by atoms with Gasteiger partial charge in [0.1, 0.15) is 11.5 Å². The van der Waals surface area contributed by atoms with E-state index in [0.717, 1.165) is 49.7 Å². The number of amides is 1. The van der Waals surface area contributed by atoms with Gasteiger partial charge in [-0.25, -0.2) is 0 Å². The lowest BCUT2D eigenvalue weighted by molar-refractivity contribution is 0.0958. The number of carbonyl (C=O) groups is 1. The number of methoxy groups -OCH3 is 2. The fraction of sp³-hybridized carbons (Fsp3) is 0.242. The first-order valence-corrected chi connectivity index (χ1v) is 13.3. The lowest BCUT2D eigenvalue weighted by Gasteiger charge is -2.39. The third kappa shape index (κ3) is 6.41. The highest BCUT2D eigenvalue weighted by molar-refractivity contribution is 6.06. The average molecular weight is 523 g/mol. The van der Waals surface area contributed by atoms with Crippen LogP contribution in [0.5, 0.6) is 23.0 Å². The summed E-state index contributed by atoms with van der Waals surface area (Å²) in [7, 11) is 3.23. The van der Waals surface area contributed by atoms with Crippen molar-refractivity contribution in [1.82, 2.24) is 4.90 Å². The quantitative estimate of drug-likeness (QED) is 0.242. The van der Waals surface area contributed by atoms with Crippen LogP contribution in [-0.2, 0) is 6.54 Å². The van der Waals surface area contributed by atoms with Crippen molar-refractivity contribution in [1.29, 1.82) is 0 Å². The van der Waals surface area contributed by atoms with Crippen molar-refractivity contribution in [3.8, 4) is 23.0 Å². The van der Waals surface area contributed by atoms with Crippen LogP contribution in [0.4, 0.5) is 5.69 Å². The van der Waals surface area contributed by atoms with Crippen LogP contribution in [0.1, 0.15) is 28.8 Å². The Balaban J connectivity index is 1.30. The van der Waals surface area contributed by atoms with Gasteiger partial charge in [0.05, 0.1) is 14.2 Å². The number of para-hydroxylation sites is 1. The van der Waals surface area contributed by atoms with Gasteiger partial charge in [-0.3, -0.25) is 9.69 Å². The normalized spacial score (nSPS) is 14.0. The largest absolute Gasteiger partial charge is 0.493 e. The third-order valence-corrected chi connectivity index (χ3v) is 7.09. The highest BCUT2D eigenvalue weighted by atomic mass is 16.5. The Bertz CT molecular complexity index is 1370. The Morgan fingerprint density at radius 3 is 2.13 bits per heavy atom. The molecule has 200 valence electrons. The monoisotopic (exact) mass is 522 g/mol. The topological polar surface area (TPSA) is 51.2 Å². The summed E-state index contributed by atoms with van der Waals surface area (Å²) in [6.45, 7) is 2.61. The molecular formula is C33H34N2O4. The van der Waals surface area contributed by atoms with Crippen LogP contribution in [0.25, 0.3) is 0 Å². The molecule has 0 radical (unpaired) electrons. The smallest absolute Gasteiger partial charge is 0.258 e. The lowest BCUT2D eigenvalue weighted by atomic mass is 10.00. The molecule has 39 heavy (non-hydrogen) atoms. The summed E-state index contributed by atoms with van der Waals surface area (Å²) < 4.78 is 17.0. The predicted molar refractivity (Wildman–Crippen MR) is 154 cm³/mol. The van der Waals surface area contributed by atoms with E-state index in [2.05, 4.69) is 17.0 Å². The van der Waals surface area contributed by atoms with E-state index in [0.29, 0.717) is 17.1 Å². The maximum absolute atomic E-state index is 13.8. The molecule has 0 N–H and O–H groups in total. The zero-order valence-corrected chi connectivity index (χ0v) is 22.5. The van der Waals surface area contributed by atoms with Gasteiger partial charge in [0.2, 0.25) is 0 Å². The number of likely N-dealkylation sites (tertiary alicyclic amines) is 1. The van der Waals surface area contributed by atoms with Gasteiger partial charge >= 0.3 is 0 Å². The fourth-order valence-corrected chi connectivity index (χ4v) is 5.11. The van der Waals surface area contributed by atoms with Gasteiger partial charge in [-0.1, -0.05) is 48.5 Å². The molecule has 4 aromatic rings. The number of rotatable bonds is 9. The number of hydrogen-bond donors (Lipinski definition) is 0. The van der Waals surface area contributed by atoms with Gasteiger partial charge < -0.3 is 19.1 Å². The number of nitrogens with zero attached hydrogens (tertiary/aromatic N) is 2. The SMILES string of the molecule is COc1ccc(N(C(=O)c2ccccc2)C2CCN(Cc3cccc(Oc4ccccc4)c3)CC2)cc1OC. The summed E-state index contributed by atoms with van der Waals surface area (Å²) in [6, 6.07) is 33.3. The highest BCUT2D eigenvalue weighted by Gasteiger charge is 2.30. The first kappa shape index (κ1) is 26.3. The van der Waals surface area contributed by atoms with Crippen molar-refractivity contribution in [2.24, 2.45) is 0 Å². The Kier molecular flexibility index (Phi) is 8.44. The second kappa shape index (κ2) is 12.5. The minimum Gasteiger partial charge on any atom is -0.493 e. The van der Waals surface area contributed by atoms with E-state index >= 15 is 0 Å². The van der Waals surface area contributed by atoms with Crippen molar-refractivity contribution >= 4 is 11.6 Å². The van der Waals surface area contributed by atoms with Gasteiger partial charge in [-0.05, 0) is 66.9 Å². The van der Waals surface area contributed by atoms with Crippen molar-refractivity contribution in [2.45, 2.75) is 25.4 Å². The van der Waals surface area contributed by atoms with Crippen molar-refractivity contribution in [3.63, 3.8) is 0 Å². The van der Waals surface area contributed by atoms with Gasteiger partial charge in [0.15, 0.2) is 11.5 Å². The van der Waals surface area contributed by atoms with Gasteiger partial charge in [-0.2, -0.15) is 0 Å². The van der Waals surface area contributed by atoms with Crippen LogP contribution in [0, 0.1) is 0 Å². The number of anilines is 1. The fourth-order valence-electron chi connectivity index (χ4n) is 5.11. The van der Waals surface area contributed by atoms with Crippen LogP contribution in [0.3, 0.4) is 0 Å². The molecule has 1 saturated heterocycles. The summed E-state index contributed by atoms with van der Waals surface area (Å²) in [6.07, 6.45) is 1.74. The molecule has 0 bridgehead atoms. The Morgan fingerprint density at radius 2 is 1.44 bits per heavy atom. The summed E-state index contributed by atoms with van der Waals surface area (Å²) in [5.41, 5.74) is 2.69. The average Bonchev–Trinajstić information content (AvgIpc) is 2.99. The molecule has 1 amide bonds. The lowest BCUT2D eigenvalue weighted by Crippen LogP contribution is -2.47. The molecule has 5 rings (SSSR count). The summed E-state index contributed by atoms with van der Waals surface area (Å²) >= 11 is 0. The minimum atomic E-state index is -0.00738. The molecule has 1 aliphatic heterocycles. The van der Waals surface area contributed by atoms with Gasteiger partial charge in [-0.15, -0.1) is 0 Å². The molecule has 0 aromatic heterocycles. The number of ether oxygens (including phenoxy) is 3. The summed E-state index contributed by atoms with van der Waals surface area (Å²) in [4.78, 5) is 18.2. The number of benzene rings is 4. The Labute approximate surface area is 230 Å². The molecule has 6 heteroatoms. The van der Waals surface area contributed by atoms with Crippen LogP contribution >= 0.6 is 0 Å². The molecule has 0 atom stereocenters. The van der Waals surface area contributed by atoms with E-state index in [-0.39, 0.29) is 11.9 Å². The van der Waals surface area contributed by atoms with Crippen molar-refractivity contribution < 1.29 is 19.0 Å². The molecule has 1 heterocycles. The molecule has 0 saturated carbocycles. The molecule has 1 fully saturated rings. The molecule has 6 nitrogen and oxygen atoms in total. The van der Waals surface area contributed by atoms with Crippen molar-refractivity contribution in [2.75, 3.05) is 32.2 Å². The van der Waals surface area contributed by atoms with E-state index in [1.54, 1.807) is 14.2 Å². The second-order valence-electron chi connectivity index (χ2n) is 9.65. The molecule has 1 aliphatic rings. The highest BCUT2D eigenvalue weighted by Crippen LogP contribution is 2.35. The minimum absolute atomic E-state index is 0.00738. The van der Waals surface area contributed by atoms with E-state index in [9.17, 15) is 4.79 Å². The van der Waals surface area contributed by atoms with Crippen LogP contribution in [-0.4, -0.2) is 44.2 Å². The third-order valence-electron chi connectivity index (χ3n) is 7.09.